The van der Waals surface area contributed by atoms with Crippen molar-refractivity contribution in [3.8, 4) is 0 Å². The Hall–Kier alpha value is -1.12. The Bertz CT molecular complexity index is 449. The van der Waals surface area contributed by atoms with Crippen LogP contribution in [0.4, 0.5) is 0 Å². The molecule has 96 valence electrons. The summed E-state index contributed by atoms with van der Waals surface area (Å²) in [5.41, 5.74) is 7.86. The molecular formula is C16H21NS. The summed E-state index contributed by atoms with van der Waals surface area (Å²) in [6.45, 7) is 4.53. The van der Waals surface area contributed by atoms with Gasteiger partial charge in [-0.1, -0.05) is 56.7 Å². The van der Waals surface area contributed by atoms with Gasteiger partial charge in [0.1, 0.15) is 0 Å². The lowest BCUT2D eigenvalue weighted by Gasteiger charge is -2.29. The smallest absolute Gasteiger partial charge is 0.0461 e. The van der Waals surface area contributed by atoms with Crippen molar-refractivity contribution in [3.63, 3.8) is 0 Å². The second-order valence-electron chi connectivity index (χ2n) is 4.86. The van der Waals surface area contributed by atoms with Gasteiger partial charge in [0.05, 0.1) is 0 Å². The van der Waals surface area contributed by atoms with Crippen LogP contribution in [0.25, 0.3) is 0 Å². The van der Waals surface area contributed by atoms with Gasteiger partial charge in [0, 0.05) is 16.8 Å². The predicted molar refractivity (Wildman–Crippen MR) is 79.9 cm³/mol. The van der Waals surface area contributed by atoms with E-state index in [0.717, 1.165) is 6.42 Å². The van der Waals surface area contributed by atoms with Crippen LogP contribution in [0.15, 0.2) is 47.8 Å². The first-order valence-corrected chi connectivity index (χ1v) is 7.46. The summed E-state index contributed by atoms with van der Waals surface area (Å²) in [6.07, 6.45) is 1.15. The van der Waals surface area contributed by atoms with Gasteiger partial charge in [-0.3, -0.25) is 0 Å². The van der Waals surface area contributed by atoms with Crippen LogP contribution in [0.2, 0.25) is 0 Å². The van der Waals surface area contributed by atoms with Crippen molar-refractivity contribution in [2.45, 2.75) is 32.2 Å². The van der Waals surface area contributed by atoms with E-state index in [-0.39, 0.29) is 6.04 Å². The lowest BCUT2D eigenvalue weighted by Crippen LogP contribution is -2.24. The van der Waals surface area contributed by atoms with Crippen LogP contribution in [-0.4, -0.2) is 0 Å². The first-order valence-electron chi connectivity index (χ1n) is 6.58. The SMILES string of the molecule is CCC(C)C(c1ccccc1)C(N)c1cccs1. The van der Waals surface area contributed by atoms with Gasteiger partial charge in [-0.15, -0.1) is 11.3 Å². The lowest BCUT2D eigenvalue weighted by atomic mass is 9.80. The quantitative estimate of drug-likeness (QED) is 0.835. The van der Waals surface area contributed by atoms with Crippen molar-refractivity contribution in [2.75, 3.05) is 0 Å². The van der Waals surface area contributed by atoms with Gasteiger partial charge in [-0.05, 0) is 22.9 Å². The van der Waals surface area contributed by atoms with E-state index < -0.39 is 0 Å². The summed E-state index contributed by atoms with van der Waals surface area (Å²) >= 11 is 1.76. The molecule has 2 rings (SSSR count). The molecule has 0 fully saturated rings. The highest BCUT2D eigenvalue weighted by Crippen LogP contribution is 2.38. The zero-order chi connectivity index (χ0) is 13.0. The van der Waals surface area contributed by atoms with E-state index >= 15 is 0 Å². The molecule has 0 saturated carbocycles. The molecule has 3 atom stereocenters. The highest BCUT2D eigenvalue weighted by molar-refractivity contribution is 7.10. The summed E-state index contributed by atoms with van der Waals surface area (Å²) < 4.78 is 0. The maximum atomic E-state index is 6.50. The molecule has 0 saturated heterocycles. The van der Waals surface area contributed by atoms with E-state index in [9.17, 15) is 0 Å². The third-order valence-electron chi connectivity index (χ3n) is 3.70. The molecule has 0 bridgehead atoms. The van der Waals surface area contributed by atoms with Crippen molar-refractivity contribution >= 4 is 11.3 Å². The number of hydrogen-bond donors (Lipinski definition) is 1. The third kappa shape index (κ3) is 2.82. The van der Waals surface area contributed by atoms with E-state index in [4.69, 9.17) is 5.73 Å². The molecule has 0 aliphatic rings. The molecule has 2 N–H and O–H groups in total. The topological polar surface area (TPSA) is 26.0 Å². The van der Waals surface area contributed by atoms with E-state index in [1.807, 2.05) is 0 Å². The lowest BCUT2D eigenvalue weighted by molar-refractivity contribution is 0.391. The summed E-state index contributed by atoms with van der Waals surface area (Å²) in [7, 11) is 0. The van der Waals surface area contributed by atoms with Gasteiger partial charge >= 0.3 is 0 Å². The average molecular weight is 259 g/mol. The van der Waals surface area contributed by atoms with Crippen LogP contribution in [0, 0.1) is 5.92 Å². The molecule has 0 radical (unpaired) electrons. The minimum atomic E-state index is 0.0994. The molecule has 3 unspecified atom stereocenters. The number of hydrogen-bond acceptors (Lipinski definition) is 2. The van der Waals surface area contributed by atoms with Gasteiger partial charge in [0.2, 0.25) is 0 Å². The summed E-state index contributed by atoms with van der Waals surface area (Å²) in [4.78, 5) is 1.28. The van der Waals surface area contributed by atoms with E-state index in [1.165, 1.54) is 10.4 Å². The fourth-order valence-corrected chi connectivity index (χ4v) is 3.25. The molecule has 2 aromatic rings. The Kier molecular flexibility index (Phi) is 4.56. The maximum Gasteiger partial charge on any atom is 0.0461 e. The molecule has 1 aromatic heterocycles. The average Bonchev–Trinajstić information content (AvgIpc) is 2.94. The minimum absolute atomic E-state index is 0.0994. The second kappa shape index (κ2) is 6.17. The van der Waals surface area contributed by atoms with Gasteiger partial charge in [0.15, 0.2) is 0 Å². The predicted octanol–water partition coefficient (Wildman–Crippen LogP) is 4.58. The first kappa shape index (κ1) is 13.3. The molecule has 18 heavy (non-hydrogen) atoms. The Morgan fingerprint density at radius 1 is 1.11 bits per heavy atom. The van der Waals surface area contributed by atoms with E-state index in [0.29, 0.717) is 11.8 Å². The highest BCUT2D eigenvalue weighted by atomic mass is 32.1. The maximum absolute atomic E-state index is 6.50. The van der Waals surface area contributed by atoms with E-state index in [1.54, 1.807) is 11.3 Å². The normalized spacial score (nSPS) is 16.2. The van der Waals surface area contributed by atoms with Crippen LogP contribution in [0.3, 0.4) is 0 Å². The molecule has 0 aliphatic carbocycles. The van der Waals surface area contributed by atoms with Crippen LogP contribution < -0.4 is 5.73 Å². The van der Waals surface area contributed by atoms with Gasteiger partial charge in [-0.25, -0.2) is 0 Å². The Labute approximate surface area is 114 Å². The largest absolute Gasteiger partial charge is 0.323 e. The van der Waals surface area contributed by atoms with Crippen molar-refractivity contribution < 1.29 is 0 Å². The van der Waals surface area contributed by atoms with Crippen LogP contribution >= 0.6 is 11.3 Å². The van der Waals surface area contributed by atoms with Gasteiger partial charge < -0.3 is 5.73 Å². The Morgan fingerprint density at radius 2 is 1.83 bits per heavy atom. The number of thiophene rings is 1. The van der Waals surface area contributed by atoms with Crippen molar-refractivity contribution in [3.05, 3.63) is 58.3 Å². The van der Waals surface area contributed by atoms with Crippen LogP contribution in [0.5, 0.6) is 0 Å². The standard InChI is InChI=1S/C16H21NS/c1-3-12(2)15(13-8-5-4-6-9-13)16(17)14-10-7-11-18-14/h4-12,15-16H,3,17H2,1-2H3. The van der Waals surface area contributed by atoms with Crippen molar-refractivity contribution in [1.82, 2.24) is 0 Å². The molecule has 1 heterocycles. The Morgan fingerprint density at radius 3 is 2.39 bits per heavy atom. The summed E-state index contributed by atoms with van der Waals surface area (Å²) in [6, 6.07) is 15.0. The monoisotopic (exact) mass is 259 g/mol. The Balaban J connectivity index is 2.31. The molecule has 0 aliphatic heterocycles. The molecule has 2 heteroatoms. The molecule has 0 spiro atoms. The summed E-state index contributed by atoms with van der Waals surface area (Å²) in [5.74, 6) is 0.986. The van der Waals surface area contributed by atoms with Gasteiger partial charge in [0.25, 0.3) is 0 Å². The molecule has 1 nitrogen and oxygen atoms in total. The second-order valence-corrected chi connectivity index (χ2v) is 5.84. The fraction of sp³-hybridized carbons (Fsp3) is 0.375. The van der Waals surface area contributed by atoms with E-state index in [2.05, 4.69) is 61.7 Å². The molecular weight excluding hydrogens is 238 g/mol. The van der Waals surface area contributed by atoms with Crippen molar-refractivity contribution in [1.29, 1.82) is 0 Å². The number of benzene rings is 1. The first-order chi connectivity index (χ1) is 8.74. The third-order valence-corrected chi connectivity index (χ3v) is 4.67. The molecule has 1 aromatic carbocycles. The zero-order valence-corrected chi connectivity index (χ0v) is 11.9. The van der Waals surface area contributed by atoms with Crippen molar-refractivity contribution in [2.24, 2.45) is 11.7 Å². The summed E-state index contributed by atoms with van der Waals surface area (Å²) in [5, 5.41) is 2.11. The molecule has 0 amide bonds. The highest BCUT2D eigenvalue weighted by Gasteiger charge is 2.26. The van der Waals surface area contributed by atoms with Gasteiger partial charge in [-0.2, -0.15) is 0 Å². The van der Waals surface area contributed by atoms with Crippen LogP contribution in [0.1, 0.15) is 42.7 Å². The van der Waals surface area contributed by atoms with Crippen LogP contribution in [-0.2, 0) is 0 Å². The number of nitrogens with two attached hydrogens (primary N) is 1. The number of rotatable bonds is 5. The fourth-order valence-electron chi connectivity index (χ4n) is 2.48. The zero-order valence-electron chi connectivity index (χ0n) is 11.0. The minimum Gasteiger partial charge on any atom is -0.323 e.